The molecule has 3 heteroatoms. The SMILES string of the molecule is COc1ccccc1CC(=O)c1cccc(C)n1. The summed E-state index contributed by atoms with van der Waals surface area (Å²) in [6, 6.07) is 13.0. The fourth-order valence-corrected chi connectivity index (χ4v) is 1.81. The third-order valence-electron chi connectivity index (χ3n) is 2.72. The van der Waals surface area contributed by atoms with Gasteiger partial charge in [-0.25, -0.2) is 0 Å². The van der Waals surface area contributed by atoms with Crippen molar-refractivity contribution < 1.29 is 9.53 Å². The fourth-order valence-electron chi connectivity index (χ4n) is 1.81. The second kappa shape index (κ2) is 5.45. The van der Waals surface area contributed by atoms with Crippen LogP contribution in [0.25, 0.3) is 0 Å². The molecule has 0 saturated carbocycles. The minimum Gasteiger partial charge on any atom is -0.496 e. The highest BCUT2D eigenvalue weighted by Gasteiger charge is 2.11. The summed E-state index contributed by atoms with van der Waals surface area (Å²) in [4.78, 5) is 16.4. The first-order chi connectivity index (χ1) is 8.70. The van der Waals surface area contributed by atoms with Crippen LogP contribution in [-0.4, -0.2) is 17.9 Å². The van der Waals surface area contributed by atoms with Gasteiger partial charge in [0.25, 0.3) is 0 Å². The molecule has 0 aliphatic rings. The first-order valence-electron chi connectivity index (χ1n) is 5.79. The smallest absolute Gasteiger partial charge is 0.185 e. The number of ketones is 1. The normalized spacial score (nSPS) is 10.1. The van der Waals surface area contributed by atoms with Gasteiger partial charge in [0.15, 0.2) is 5.78 Å². The lowest BCUT2D eigenvalue weighted by Gasteiger charge is -2.07. The monoisotopic (exact) mass is 241 g/mol. The topological polar surface area (TPSA) is 39.2 Å². The van der Waals surface area contributed by atoms with Gasteiger partial charge in [-0.2, -0.15) is 0 Å². The second-order valence-corrected chi connectivity index (χ2v) is 4.08. The van der Waals surface area contributed by atoms with Crippen LogP contribution < -0.4 is 4.74 Å². The van der Waals surface area contributed by atoms with Crippen LogP contribution in [0.1, 0.15) is 21.7 Å². The Morgan fingerprint density at radius 1 is 1.17 bits per heavy atom. The van der Waals surface area contributed by atoms with Gasteiger partial charge in [-0.15, -0.1) is 0 Å². The Labute approximate surface area is 106 Å². The van der Waals surface area contributed by atoms with Crippen molar-refractivity contribution in [3.05, 3.63) is 59.4 Å². The lowest BCUT2D eigenvalue weighted by molar-refractivity contribution is 0.0987. The fraction of sp³-hybridized carbons (Fsp3) is 0.200. The predicted molar refractivity (Wildman–Crippen MR) is 70.0 cm³/mol. The van der Waals surface area contributed by atoms with Gasteiger partial charge < -0.3 is 4.74 Å². The summed E-state index contributed by atoms with van der Waals surface area (Å²) in [5.41, 5.74) is 2.23. The van der Waals surface area contributed by atoms with E-state index in [0.717, 1.165) is 17.0 Å². The molecule has 18 heavy (non-hydrogen) atoms. The second-order valence-electron chi connectivity index (χ2n) is 4.08. The molecule has 1 heterocycles. The van der Waals surface area contributed by atoms with Gasteiger partial charge in [0, 0.05) is 17.7 Å². The lowest BCUT2D eigenvalue weighted by Crippen LogP contribution is -2.07. The third kappa shape index (κ3) is 2.74. The zero-order valence-corrected chi connectivity index (χ0v) is 10.5. The molecule has 0 bridgehead atoms. The molecule has 0 atom stereocenters. The van der Waals surface area contributed by atoms with Crippen molar-refractivity contribution in [1.82, 2.24) is 4.98 Å². The summed E-state index contributed by atoms with van der Waals surface area (Å²) >= 11 is 0. The van der Waals surface area contributed by atoms with Crippen molar-refractivity contribution in [1.29, 1.82) is 0 Å². The van der Waals surface area contributed by atoms with E-state index in [1.165, 1.54) is 0 Å². The van der Waals surface area contributed by atoms with E-state index in [4.69, 9.17) is 4.74 Å². The molecule has 0 radical (unpaired) electrons. The first kappa shape index (κ1) is 12.3. The number of para-hydroxylation sites is 1. The number of ether oxygens (including phenoxy) is 1. The number of benzene rings is 1. The minimum atomic E-state index is 0.00296. The molecule has 2 aromatic rings. The van der Waals surface area contributed by atoms with Gasteiger partial charge in [0.2, 0.25) is 0 Å². The zero-order chi connectivity index (χ0) is 13.0. The van der Waals surface area contributed by atoms with Crippen LogP contribution in [0.4, 0.5) is 0 Å². The van der Waals surface area contributed by atoms with Crippen molar-refractivity contribution >= 4 is 5.78 Å². The number of hydrogen-bond acceptors (Lipinski definition) is 3. The van der Waals surface area contributed by atoms with E-state index in [0.29, 0.717) is 12.1 Å². The number of pyridine rings is 1. The van der Waals surface area contributed by atoms with Crippen molar-refractivity contribution in [3.63, 3.8) is 0 Å². The molecule has 0 spiro atoms. The quantitative estimate of drug-likeness (QED) is 0.773. The number of hydrogen-bond donors (Lipinski definition) is 0. The summed E-state index contributed by atoms with van der Waals surface area (Å²) in [6.07, 6.45) is 0.306. The van der Waals surface area contributed by atoms with Crippen molar-refractivity contribution in [2.75, 3.05) is 7.11 Å². The molecule has 2 rings (SSSR count). The highest BCUT2D eigenvalue weighted by molar-refractivity contribution is 5.96. The average molecular weight is 241 g/mol. The molecule has 0 fully saturated rings. The molecule has 92 valence electrons. The standard InChI is InChI=1S/C15H15NO2/c1-11-6-5-8-13(16-11)14(17)10-12-7-3-4-9-15(12)18-2/h3-9H,10H2,1-2H3. The van der Waals surface area contributed by atoms with Gasteiger partial charge in [-0.05, 0) is 25.1 Å². The van der Waals surface area contributed by atoms with Gasteiger partial charge >= 0.3 is 0 Å². The van der Waals surface area contributed by atoms with E-state index >= 15 is 0 Å². The Morgan fingerprint density at radius 3 is 2.67 bits per heavy atom. The first-order valence-corrected chi connectivity index (χ1v) is 5.79. The van der Waals surface area contributed by atoms with E-state index in [1.54, 1.807) is 13.2 Å². The maximum absolute atomic E-state index is 12.1. The molecule has 0 aliphatic heterocycles. The summed E-state index contributed by atoms with van der Waals surface area (Å²) in [5.74, 6) is 0.738. The maximum Gasteiger partial charge on any atom is 0.185 e. The molecular formula is C15H15NO2. The van der Waals surface area contributed by atoms with E-state index in [2.05, 4.69) is 4.98 Å². The van der Waals surface area contributed by atoms with Crippen LogP contribution in [0.2, 0.25) is 0 Å². The van der Waals surface area contributed by atoms with Crippen molar-refractivity contribution in [2.24, 2.45) is 0 Å². The molecule has 0 aliphatic carbocycles. The van der Waals surface area contributed by atoms with Gasteiger partial charge in [0.05, 0.1) is 7.11 Å². The van der Waals surface area contributed by atoms with Crippen LogP contribution >= 0.6 is 0 Å². The predicted octanol–water partition coefficient (Wildman–Crippen LogP) is 2.82. The van der Waals surface area contributed by atoms with Gasteiger partial charge in [-0.3, -0.25) is 9.78 Å². The zero-order valence-electron chi connectivity index (χ0n) is 10.5. The number of rotatable bonds is 4. The Hall–Kier alpha value is -2.16. The Kier molecular flexibility index (Phi) is 3.72. The summed E-state index contributed by atoms with van der Waals surface area (Å²) in [5, 5.41) is 0. The van der Waals surface area contributed by atoms with Crippen molar-refractivity contribution in [2.45, 2.75) is 13.3 Å². The van der Waals surface area contributed by atoms with Crippen LogP contribution in [-0.2, 0) is 6.42 Å². The molecular weight excluding hydrogens is 226 g/mol. The summed E-state index contributed by atoms with van der Waals surface area (Å²) < 4.78 is 5.23. The van der Waals surface area contributed by atoms with Crippen molar-refractivity contribution in [3.8, 4) is 5.75 Å². The van der Waals surface area contributed by atoms with Crippen LogP contribution in [0.5, 0.6) is 5.75 Å². The molecule has 0 N–H and O–H groups in total. The molecule has 1 aromatic carbocycles. The molecule has 0 saturated heterocycles. The maximum atomic E-state index is 12.1. The number of nitrogens with zero attached hydrogens (tertiary/aromatic N) is 1. The number of aromatic nitrogens is 1. The Balaban J connectivity index is 2.21. The number of methoxy groups -OCH3 is 1. The molecule has 3 nitrogen and oxygen atoms in total. The number of carbonyl (C=O) groups is 1. The largest absolute Gasteiger partial charge is 0.496 e. The average Bonchev–Trinajstić information content (AvgIpc) is 2.39. The highest BCUT2D eigenvalue weighted by Crippen LogP contribution is 2.19. The minimum absolute atomic E-state index is 0.00296. The number of carbonyl (C=O) groups excluding carboxylic acids is 1. The Morgan fingerprint density at radius 2 is 1.94 bits per heavy atom. The number of aryl methyl sites for hydroxylation is 1. The highest BCUT2D eigenvalue weighted by atomic mass is 16.5. The van der Waals surface area contributed by atoms with E-state index < -0.39 is 0 Å². The molecule has 1 aromatic heterocycles. The number of Topliss-reactive ketones (excluding diaryl/α,β-unsaturated/α-hetero) is 1. The van der Waals surface area contributed by atoms with E-state index in [1.807, 2.05) is 43.3 Å². The van der Waals surface area contributed by atoms with Gasteiger partial charge in [-0.1, -0.05) is 24.3 Å². The van der Waals surface area contributed by atoms with Crippen LogP contribution in [0.15, 0.2) is 42.5 Å². The van der Waals surface area contributed by atoms with E-state index in [-0.39, 0.29) is 5.78 Å². The molecule has 0 unspecified atom stereocenters. The van der Waals surface area contributed by atoms with E-state index in [9.17, 15) is 4.79 Å². The lowest BCUT2D eigenvalue weighted by atomic mass is 10.1. The summed E-state index contributed by atoms with van der Waals surface area (Å²) in [6.45, 7) is 1.87. The van der Waals surface area contributed by atoms with Crippen LogP contribution in [0, 0.1) is 6.92 Å². The van der Waals surface area contributed by atoms with Gasteiger partial charge in [0.1, 0.15) is 11.4 Å². The summed E-state index contributed by atoms with van der Waals surface area (Å²) in [7, 11) is 1.61. The van der Waals surface area contributed by atoms with Crippen LogP contribution in [0.3, 0.4) is 0 Å². The molecule has 0 amide bonds. The third-order valence-corrected chi connectivity index (χ3v) is 2.72. The Bertz CT molecular complexity index is 564.